The highest BCUT2D eigenvalue weighted by Gasteiger charge is 2.35. The van der Waals surface area contributed by atoms with Crippen LogP contribution in [-0.4, -0.2) is 12.2 Å². The average molecular weight is 226 g/mol. The summed E-state index contributed by atoms with van der Waals surface area (Å²) in [6.07, 6.45) is 0. The number of hydrogen-bond acceptors (Lipinski definition) is 3. The van der Waals surface area contributed by atoms with Crippen LogP contribution in [0.1, 0.15) is 5.56 Å². The highest BCUT2D eigenvalue weighted by Crippen LogP contribution is 2.32. The summed E-state index contributed by atoms with van der Waals surface area (Å²) in [7, 11) is -0.473. The normalized spacial score (nSPS) is 12.9. The highest BCUT2D eigenvalue weighted by molar-refractivity contribution is 6.64. The fraction of sp³-hybridized carbons (Fsp3) is 0.0769. The van der Waals surface area contributed by atoms with Crippen molar-refractivity contribution in [1.29, 1.82) is 0 Å². The first-order valence-corrected chi connectivity index (χ1v) is 5.46. The largest absolute Gasteiger partial charge is 0.633 e. The highest BCUT2D eigenvalue weighted by atomic mass is 16.6. The molecule has 17 heavy (non-hydrogen) atoms. The van der Waals surface area contributed by atoms with Gasteiger partial charge in [-0.25, -0.2) is 0 Å². The Bertz CT molecular complexity index is 543. The van der Waals surface area contributed by atoms with Crippen LogP contribution in [0.2, 0.25) is 0 Å². The lowest BCUT2D eigenvalue weighted by Gasteiger charge is -2.09. The maximum absolute atomic E-state index is 9.67. The van der Waals surface area contributed by atoms with Crippen molar-refractivity contribution in [3.05, 3.63) is 48.0 Å². The van der Waals surface area contributed by atoms with Crippen LogP contribution in [0.25, 0.3) is 0 Å². The second-order valence-corrected chi connectivity index (χ2v) is 4.01. The van der Waals surface area contributed by atoms with E-state index >= 15 is 0 Å². The lowest BCUT2D eigenvalue weighted by Crippen LogP contribution is -2.40. The van der Waals surface area contributed by atoms with Gasteiger partial charge >= 0.3 is 7.12 Å². The quantitative estimate of drug-likeness (QED) is 0.754. The molecular weight excluding hydrogens is 215 g/mol. The minimum Gasteiger partial charge on any atom is -0.519 e. The molecule has 0 bridgehead atoms. The van der Waals surface area contributed by atoms with Gasteiger partial charge in [0.2, 0.25) is 0 Å². The maximum atomic E-state index is 9.67. The van der Waals surface area contributed by atoms with Crippen LogP contribution in [0.15, 0.2) is 42.5 Å². The summed E-state index contributed by atoms with van der Waals surface area (Å²) in [6, 6.07) is 12.9. The maximum Gasteiger partial charge on any atom is 0.633 e. The van der Waals surface area contributed by atoms with Gasteiger partial charge in [0.15, 0.2) is 0 Å². The van der Waals surface area contributed by atoms with Crippen molar-refractivity contribution in [1.82, 2.24) is 0 Å². The van der Waals surface area contributed by atoms with E-state index in [1.165, 1.54) is 0 Å². The number of hydrogen-bond donors (Lipinski definition) is 1. The zero-order chi connectivity index (χ0) is 11.8. The molecule has 4 heteroatoms. The van der Waals surface area contributed by atoms with Gasteiger partial charge in [0.25, 0.3) is 0 Å². The van der Waals surface area contributed by atoms with Crippen molar-refractivity contribution in [2.75, 3.05) is 0 Å². The first-order chi connectivity index (χ1) is 8.25. The predicted octanol–water partition coefficient (Wildman–Crippen LogP) is 1.87. The Balaban J connectivity index is 1.97. The summed E-state index contributed by atoms with van der Waals surface area (Å²) in [5.74, 6) is 1.73. The minimum atomic E-state index is -0.473. The van der Waals surface area contributed by atoms with Crippen LogP contribution in [-0.2, 0) is 0 Å². The van der Waals surface area contributed by atoms with Gasteiger partial charge in [-0.3, -0.25) is 0 Å². The van der Waals surface area contributed by atoms with Gasteiger partial charge in [-0.15, -0.1) is 0 Å². The molecular formula is C13H11BO3. The SMILES string of the molecule is Cc1c(O)cccc1B1Oc2ccccc2O1. The molecule has 1 N–H and O–H groups in total. The Hall–Kier alpha value is -2.10. The molecule has 3 nitrogen and oxygen atoms in total. The summed E-state index contributed by atoms with van der Waals surface area (Å²) >= 11 is 0. The van der Waals surface area contributed by atoms with E-state index in [1.54, 1.807) is 12.1 Å². The summed E-state index contributed by atoms with van der Waals surface area (Å²) < 4.78 is 11.4. The second kappa shape index (κ2) is 3.73. The summed E-state index contributed by atoms with van der Waals surface area (Å²) in [5, 5.41) is 9.67. The first-order valence-electron chi connectivity index (χ1n) is 5.46. The zero-order valence-corrected chi connectivity index (χ0v) is 9.38. The van der Waals surface area contributed by atoms with E-state index in [9.17, 15) is 5.11 Å². The van der Waals surface area contributed by atoms with Crippen molar-refractivity contribution < 1.29 is 14.4 Å². The van der Waals surface area contributed by atoms with Crippen molar-refractivity contribution in [3.8, 4) is 17.2 Å². The van der Waals surface area contributed by atoms with Crippen LogP contribution in [0.3, 0.4) is 0 Å². The summed E-state index contributed by atoms with van der Waals surface area (Å²) in [6.45, 7) is 1.85. The second-order valence-electron chi connectivity index (χ2n) is 4.01. The first kappa shape index (κ1) is 10.1. The van der Waals surface area contributed by atoms with Crippen LogP contribution in [0, 0.1) is 6.92 Å². The molecule has 2 aromatic rings. The third-order valence-corrected chi connectivity index (χ3v) is 2.92. The number of aromatic hydroxyl groups is 1. The fourth-order valence-electron chi connectivity index (χ4n) is 1.92. The number of phenolic OH excluding ortho intramolecular Hbond substituents is 1. The van der Waals surface area contributed by atoms with Gasteiger partial charge in [0.05, 0.1) is 0 Å². The molecule has 84 valence electrons. The molecule has 1 aliphatic heterocycles. The van der Waals surface area contributed by atoms with Crippen LogP contribution >= 0.6 is 0 Å². The zero-order valence-electron chi connectivity index (χ0n) is 9.38. The van der Waals surface area contributed by atoms with E-state index in [-0.39, 0.29) is 5.75 Å². The Morgan fingerprint density at radius 3 is 2.24 bits per heavy atom. The monoisotopic (exact) mass is 226 g/mol. The van der Waals surface area contributed by atoms with Gasteiger partial charge in [0, 0.05) is 5.46 Å². The topological polar surface area (TPSA) is 38.7 Å². The molecule has 1 aliphatic rings. The molecule has 1 heterocycles. The smallest absolute Gasteiger partial charge is 0.519 e. The summed E-state index contributed by atoms with van der Waals surface area (Å²) in [5.41, 5.74) is 1.63. The molecule has 0 spiro atoms. The van der Waals surface area contributed by atoms with Gasteiger partial charge in [-0.05, 0) is 30.7 Å². The van der Waals surface area contributed by atoms with E-state index in [0.29, 0.717) is 0 Å². The third-order valence-electron chi connectivity index (χ3n) is 2.92. The Kier molecular flexibility index (Phi) is 2.21. The number of benzene rings is 2. The van der Waals surface area contributed by atoms with E-state index in [4.69, 9.17) is 9.31 Å². The van der Waals surface area contributed by atoms with E-state index < -0.39 is 7.12 Å². The molecule has 0 saturated heterocycles. The van der Waals surface area contributed by atoms with Crippen molar-refractivity contribution >= 4 is 12.6 Å². The number of phenols is 1. The molecule has 0 amide bonds. The van der Waals surface area contributed by atoms with Crippen LogP contribution < -0.4 is 14.8 Å². The minimum absolute atomic E-state index is 0.255. The molecule has 0 aromatic heterocycles. The van der Waals surface area contributed by atoms with Crippen LogP contribution in [0.5, 0.6) is 17.2 Å². The molecule has 0 fully saturated rings. The predicted molar refractivity (Wildman–Crippen MR) is 65.9 cm³/mol. The lowest BCUT2D eigenvalue weighted by molar-refractivity contribution is 0.470. The molecule has 2 aromatic carbocycles. The van der Waals surface area contributed by atoms with Crippen LogP contribution in [0.4, 0.5) is 0 Å². The number of fused-ring (bicyclic) bond motifs is 1. The van der Waals surface area contributed by atoms with E-state index in [2.05, 4.69) is 0 Å². The standard InChI is InChI=1S/C13H11BO3/c1-9-10(5-4-6-11(9)15)14-16-12-7-2-3-8-13(12)17-14/h2-8,15H,1H3. The van der Waals surface area contributed by atoms with E-state index in [1.807, 2.05) is 37.3 Å². The van der Waals surface area contributed by atoms with Gasteiger partial charge in [-0.1, -0.05) is 24.3 Å². The van der Waals surface area contributed by atoms with Gasteiger partial charge in [0.1, 0.15) is 17.2 Å². The van der Waals surface area contributed by atoms with E-state index in [0.717, 1.165) is 22.5 Å². The lowest BCUT2D eigenvalue weighted by atomic mass is 9.76. The molecule has 0 radical (unpaired) electrons. The Morgan fingerprint density at radius 1 is 0.941 bits per heavy atom. The molecule has 0 atom stereocenters. The van der Waals surface area contributed by atoms with Crippen molar-refractivity contribution in [3.63, 3.8) is 0 Å². The van der Waals surface area contributed by atoms with Gasteiger partial charge in [-0.2, -0.15) is 0 Å². The number of para-hydroxylation sites is 2. The van der Waals surface area contributed by atoms with Gasteiger partial charge < -0.3 is 14.4 Å². The molecule has 0 unspecified atom stereocenters. The third kappa shape index (κ3) is 1.62. The molecule has 0 aliphatic carbocycles. The van der Waals surface area contributed by atoms with Crippen molar-refractivity contribution in [2.24, 2.45) is 0 Å². The Morgan fingerprint density at radius 2 is 1.59 bits per heavy atom. The Labute approximate surface area is 99.8 Å². The molecule has 3 rings (SSSR count). The fourth-order valence-corrected chi connectivity index (χ4v) is 1.92. The number of rotatable bonds is 1. The average Bonchev–Trinajstić information content (AvgIpc) is 2.76. The summed E-state index contributed by atoms with van der Waals surface area (Å²) in [4.78, 5) is 0. The molecule has 0 saturated carbocycles. The van der Waals surface area contributed by atoms with Crippen molar-refractivity contribution in [2.45, 2.75) is 6.92 Å².